The fraction of sp³-hybridized carbons (Fsp3) is 0.556. The summed E-state index contributed by atoms with van der Waals surface area (Å²) in [6, 6.07) is 9.65. The van der Waals surface area contributed by atoms with Gasteiger partial charge in [0.2, 0.25) is 0 Å². The van der Waals surface area contributed by atoms with Gasteiger partial charge in [-0.25, -0.2) is 0 Å². The van der Waals surface area contributed by atoms with Gasteiger partial charge in [0.25, 0.3) is 0 Å². The van der Waals surface area contributed by atoms with E-state index in [2.05, 4.69) is 42.8 Å². The maximum Gasteiger partial charge on any atom is 0.119 e. The average Bonchev–Trinajstić information content (AvgIpc) is 2.52. The summed E-state index contributed by atoms with van der Waals surface area (Å²) in [6.07, 6.45) is 4.26. The van der Waals surface area contributed by atoms with Crippen molar-refractivity contribution in [2.75, 3.05) is 19.7 Å². The fourth-order valence-electron chi connectivity index (χ4n) is 2.74. The molecule has 0 bridgehead atoms. The second-order valence-corrected chi connectivity index (χ2v) is 6.03. The number of likely N-dealkylation sites (tertiary alicyclic amines) is 1. The molecule has 0 aliphatic carbocycles. The maximum absolute atomic E-state index is 5.49. The summed E-state index contributed by atoms with van der Waals surface area (Å²) in [4.78, 5) is 2.56. The Morgan fingerprint density at radius 2 is 1.95 bits per heavy atom. The third kappa shape index (κ3) is 5.18. The van der Waals surface area contributed by atoms with Crippen LogP contribution in [0.15, 0.2) is 36.9 Å². The molecule has 1 fully saturated rings. The quantitative estimate of drug-likeness (QED) is 0.780. The second-order valence-electron chi connectivity index (χ2n) is 6.03. The minimum atomic E-state index is 0.562. The van der Waals surface area contributed by atoms with Crippen molar-refractivity contribution in [1.82, 2.24) is 10.2 Å². The Morgan fingerprint density at radius 3 is 2.52 bits per heavy atom. The number of nitrogens with zero attached hydrogens (tertiary/aromatic N) is 1. The molecule has 1 aliphatic rings. The Balaban J connectivity index is 1.72. The molecule has 0 spiro atoms. The van der Waals surface area contributed by atoms with Crippen LogP contribution in [0.1, 0.15) is 32.3 Å². The molecule has 116 valence electrons. The van der Waals surface area contributed by atoms with Crippen molar-refractivity contribution >= 4 is 0 Å². The highest BCUT2D eigenvalue weighted by Crippen LogP contribution is 2.15. The van der Waals surface area contributed by atoms with Crippen molar-refractivity contribution in [2.45, 2.75) is 45.3 Å². The van der Waals surface area contributed by atoms with E-state index >= 15 is 0 Å². The lowest BCUT2D eigenvalue weighted by Crippen LogP contribution is -2.44. The molecule has 0 atom stereocenters. The van der Waals surface area contributed by atoms with Crippen LogP contribution in [0, 0.1) is 0 Å². The van der Waals surface area contributed by atoms with Gasteiger partial charge >= 0.3 is 0 Å². The molecule has 1 aromatic rings. The first-order chi connectivity index (χ1) is 10.2. The van der Waals surface area contributed by atoms with E-state index in [0.29, 0.717) is 18.7 Å². The molecule has 0 aromatic heterocycles. The minimum absolute atomic E-state index is 0.562. The molecule has 1 heterocycles. The lowest BCUT2D eigenvalue weighted by Gasteiger charge is -2.35. The van der Waals surface area contributed by atoms with Gasteiger partial charge in [0, 0.05) is 18.6 Å². The van der Waals surface area contributed by atoms with Gasteiger partial charge in [0.15, 0.2) is 0 Å². The first-order valence-electron chi connectivity index (χ1n) is 7.99. The number of rotatable bonds is 7. The molecule has 0 radical (unpaired) electrons. The van der Waals surface area contributed by atoms with Crippen LogP contribution < -0.4 is 10.1 Å². The highest BCUT2D eigenvalue weighted by molar-refractivity contribution is 5.27. The highest BCUT2D eigenvalue weighted by atomic mass is 16.5. The number of hydrogen-bond donors (Lipinski definition) is 1. The first-order valence-corrected chi connectivity index (χ1v) is 7.99. The predicted octanol–water partition coefficient (Wildman–Crippen LogP) is 3.21. The first kappa shape index (κ1) is 16.1. The summed E-state index contributed by atoms with van der Waals surface area (Å²) in [5.41, 5.74) is 1.31. The Kier molecular flexibility index (Phi) is 6.27. The molecular weight excluding hydrogens is 260 g/mol. The maximum atomic E-state index is 5.49. The predicted molar refractivity (Wildman–Crippen MR) is 88.7 cm³/mol. The number of hydrogen-bond acceptors (Lipinski definition) is 3. The molecular formula is C18H28N2O. The van der Waals surface area contributed by atoms with E-state index in [0.717, 1.165) is 12.3 Å². The zero-order valence-electron chi connectivity index (χ0n) is 13.3. The van der Waals surface area contributed by atoms with Gasteiger partial charge in [0.1, 0.15) is 12.4 Å². The number of nitrogens with one attached hydrogen (secondary N) is 1. The molecule has 1 aromatic carbocycles. The number of piperidine rings is 1. The van der Waals surface area contributed by atoms with E-state index in [1.807, 2.05) is 12.1 Å². The smallest absolute Gasteiger partial charge is 0.119 e. The molecule has 1 aliphatic heterocycles. The van der Waals surface area contributed by atoms with Crippen LogP contribution in [0.25, 0.3) is 0 Å². The topological polar surface area (TPSA) is 24.5 Å². The van der Waals surface area contributed by atoms with Crippen molar-refractivity contribution in [3.63, 3.8) is 0 Å². The molecule has 0 unspecified atom stereocenters. The molecule has 0 amide bonds. The summed E-state index contributed by atoms with van der Waals surface area (Å²) in [6.45, 7) is 12.1. The summed E-state index contributed by atoms with van der Waals surface area (Å²) in [5.74, 6) is 0.906. The van der Waals surface area contributed by atoms with Crippen LogP contribution in [-0.4, -0.2) is 36.7 Å². The molecule has 3 heteroatoms. The van der Waals surface area contributed by atoms with Crippen molar-refractivity contribution < 1.29 is 4.74 Å². The van der Waals surface area contributed by atoms with Crippen molar-refractivity contribution in [1.29, 1.82) is 0 Å². The Morgan fingerprint density at radius 1 is 1.29 bits per heavy atom. The van der Waals surface area contributed by atoms with Gasteiger partial charge < -0.3 is 15.0 Å². The molecule has 1 N–H and O–H groups in total. The summed E-state index contributed by atoms with van der Waals surface area (Å²) >= 11 is 0. The average molecular weight is 288 g/mol. The lowest BCUT2D eigenvalue weighted by atomic mass is 10.0. The SMILES string of the molecule is C=CCOc1ccc(CNC2CCN(C(C)C)CC2)cc1. The van der Waals surface area contributed by atoms with Crippen LogP contribution in [0.3, 0.4) is 0 Å². The van der Waals surface area contributed by atoms with Gasteiger partial charge in [-0.15, -0.1) is 0 Å². The zero-order valence-corrected chi connectivity index (χ0v) is 13.3. The van der Waals surface area contributed by atoms with Gasteiger partial charge in [-0.05, 0) is 57.5 Å². The van der Waals surface area contributed by atoms with Gasteiger partial charge in [-0.1, -0.05) is 24.8 Å². The van der Waals surface area contributed by atoms with Crippen molar-refractivity contribution in [3.05, 3.63) is 42.5 Å². The van der Waals surface area contributed by atoms with Crippen molar-refractivity contribution in [2.24, 2.45) is 0 Å². The van der Waals surface area contributed by atoms with E-state index in [9.17, 15) is 0 Å². The van der Waals surface area contributed by atoms with Gasteiger partial charge in [0.05, 0.1) is 0 Å². The van der Waals surface area contributed by atoms with E-state index in [-0.39, 0.29) is 0 Å². The molecule has 3 nitrogen and oxygen atoms in total. The van der Waals surface area contributed by atoms with E-state index in [1.165, 1.54) is 31.5 Å². The molecule has 1 saturated heterocycles. The Labute approximate surface area is 129 Å². The van der Waals surface area contributed by atoms with Crippen LogP contribution in [0.4, 0.5) is 0 Å². The zero-order chi connectivity index (χ0) is 15.1. The van der Waals surface area contributed by atoms with E-state index in [4.69, 9.17) is 4.74 Å². The lowest BCUT2D eigenvalue weighted by molar-refractivity contribution is 0.161. The third-order valence-electron chi connectivity index (χ3n) is 4.15. The summed E-state index contributed by atoms with van der Waals surface area (Å²) in [7, 11) is 0. The normalized spacial score (nSPS) is 17.1. The summed E-state index contributed by atoms with van der Waals surface area (Å²) < 4.78 is 5.49. The standard InChI is InChI=1S/C18H28N2O/c1-4-13-21-18-7-5-16(6-8-18)14-19-17-9-11-20(12-10-17)15(2)3/h4-8,15,17,19H,1,9-14H2,2-3H3. The fourth-order valence-corrected chi connectivity index (χ4v) is 2.74. The monoisotopic (exact) mass is 288 g/mol. The van der Waals surface area contributed by atoms with Crippen LogP contribution in [0.2, 0.25) is 0 Å². The molecule has 0 saturated carbocycles. The van der Waals surface area contributed by atoms with Crippen LogP contribution >= 0.6 is 0 Å². The van der Waals surface area contributed by atoms with Crippen LogP contribution in [0.5, 0.6) is 5.75 Å². The Hall–Kier alpha value is -1.32. The van der Waals surface area contributed by atoms with Crippen molar-refractivity contribution in [3.8, 4) is 5.75 Å². The van der Waals surface area contributed by atoms with E-state index in [1.54, 1.807) is 6.08 Å². The molecule has 2 rings (SSSR count). The third-order valence-corrected chi connectivity index (χ3v) is 4.15. The largest absolute Gasteiger partial charge is 0.490 e. The van der Waals surface area contributed by atoms with Gasteiger partial charge in [-0.2, -0.15) is 0 Å². The highest BCUT2D eigenvalue weighted by Gasteiger charge is 2.20. The minimum Gasteiger partial charge on any atom is -0.490 e. The van der Waals surface area contributed by atoms with E-state index < -0.39 is 0 Å². The Bertz CT molecular complexity index is 419. The van der Waals surface area contributed by atoms with Crippen LogP contribution in [-0.2, 0) is 6.54 Å². The second kappa shape index (κ2) is 8.20. The van der Waals surface area contributed by atoms with Gasteiger partial charge in [-0.3, -0.25) is 0 Å². The molecule has 21 heavy (non-hydrogen) atoms. The number of benzene rings is 1. The summed E-state index contributed by atoms with van der Waals surface area (Å²) in [5, 5.41) is 3.68. The number of ether oxygens (including phenoxy) is 1.